The first-order valence-electron chi connectivity index (χ1n) is 14.2. The Kier molecular flexibility index (Phi) is 8.49. The first kappa shape index (κ1) is 28.5. The number of anilines is 2. The number of benzodiazepines with no additional fused rings is 1. The summed E-state index contributed by atoms with van der Waals surface area (Å²) < 4.78 is 5.31. The number of carbonyl (C=O) groups is 4. The minimum Gasteiger partial charge on any atom is -0.459 e. The molecule has 0 aromatic heterocycles. The first-order chi connectivity index (χ1) is 19.7. The summed E-state index contributed by atoms with van der Waals surface area (Å²) in [5, 5.41) is 5.46. The van der Waals surface area contributed by atoms with Gasteiger partial charge in [0.1, 0.15) is 12.8 Å². The number of hydrogen-bond acceptors (Lipinski definition) is 7. The van der Waals surface area contributed by atoms with Crippen LogP contribution >= 0.6 is 0 Å². The number of benzene rings is 2. The van der Waals surface area contributed by atoms with Gasteiger partial charge in [-0.15, -0.1) is 0 Å². The van der Waals surface area contributed by atoms with Crippen LogP contribution in [0.2, 0.25) is 0 Å². The largest absolute Gasteiger partial charge is 0.459 e. The van der Waals surface area contributed by atoms with Crippen molar-refractivity contribution >= 4 is 41.3 Å². The second kappa shape index (κ2) is 12.2. The molecule has 41 heavy (non-hydrogen) atoms. The van der Waals surface area contributed by atoms with Crippen LogP contribution in [0.1, 0.15) is 49.3 Å². The van der Waals surface area contributed by atoms with Crippen molar-refractivity contribution in [3.63, 3.8) is 0 Å². The molecule has 3 heterocycles. The lowest BCUT2D eigenvalue weighted by Crippen LogP contribution is -2.58. The van der Waals surface area contributed by atoms with Gasteiger partial charge in [0.2, 0.25) is 6.17 Å². The molecule has 216 valence electrons. The Labute approximate surface area is 240 Å². The summed E-state index contributed by atoms with van der Waals surface area (Å²) in [5.41, 5.74) is 3.73. The van der Waals surface area contributed by atoms with Crippen molar-refractivity contribution in [3.8, 4) is 0 Å². The highest BCUT2D eigenvalue weighted by molar-refractivity contribution is 6.15. The normalized spacial score (nSPS) is 23.0. The van der Waals surface area contributed by atoms with Crippen LogP contribution in [0.4, 0.5) is 16.2 Å². The zero-order chi connectivity index (χ0) is 29.1. The van der Waals surface area contributed by atoms with Gasteiger partial charge >= 0.3 is 12.0 Å². The van der Waals surface area contributed by atoms with Gasteiger partial charge in [-0.3, -0.25) is 29.2 Å². The predicted molar refractivity (Wildman–Crippen MR) is 156 cm³/mol. The number of amides is 3. The summed E-state index contributed by atoms with van der Waals surface area (Å²) in [6, 6.07) is 12.2. The van der Waals surface area contributed by atoms with Crippen molar-refractivity contribution in [2.75, 3.05) is 29.9 Å². The van der Waals surface area contributed by atoms with Crippen molar-refractivity contribution in [3.05, 3.63) is 59.2 Å². The van der Waals surface area contributed by atoms with Gasteiger partial charge in [-0.05, 0) is 74.6 Å². The van der Waals surface area contributed by atoms with Crippen LogP contribution < -0.4 is 15.5 Å². The van der Waals surface area contributed by atoms with E-state index >= 15 is 0 Å². The summed E-state index contributed by atoms with van der Waals surface area (Å²) in [7, 11) is 0. The average molecular weight is 560 g/mol. The molecule has 3 amide bonds. The average Bonchev–Trinajstić information content (AvgIpc) is 3.31. The number of aldehydes is 1. The fourth-order valence-corrected chi connectivity index (χ4v) is 6.25. The van der Waals surface area contributed by atoms with E-state index in [1.165, 1.54) is 11.8 Å². The van der Waals surface area contributed by atoms with E-state index in [2.05, 4.69) is 20.5 Å². The molecule has 3 aliphatic heterocycles. The molecule has 0 radical (unpaired) electrons. The Bertz CT molecular complexity index is 1350. The van der Waals surface area contributed by atoms with Gasteiger partial charge in [0.15, 0.2) is 6.29 Å². The molecule has 10 nitrogen and oxygen atoms in total. The van der Waals surface area contributed by atoms with Crippen LogP contribution in [0.5, 0.6) is 0 Å². The van der Waals surface area contributed by atoms with E-state index in [1.807, 2.05) is 44.2 Å². The van der Waals surface area contributed by atoms with E-state index in [0.717, 1.165) is 56.2 Å². The third kappa shape index (κ3) is 6.32. The van der Waals surface area contributed by atoms with Crippen molar-refractivity contribution in [2.45, 2.75) is 58.8 Å². The Hall–Kier alpha value is -4.05. The van der Waals surface area contributed by atoms with Crippen LogP contribution in [0.15, 0.2) is 47.5 Å². The second-order valence-electron chi connectivity index (χ2n) is 11.3. The molecule has 1 unspecified atom stereocenters. The fraction of sp³-hybridized carbons (Fsp3) is 0.452. The zero-order valence-electron chi connectivity index (χ0n) is 23.8. The molecule has 2 aromatic rings. The summed E-state index contributed by atoms with van der Waals surface area (Å²) in [6.45, 7) is 6.33. The molecule has 2 atom stereocenters. The highest BCUT2D eigenvalue weighted by Gasteiger charge is 2.42. The topological polar surface area (TPSA) is 120 Å². The number of ether oxygens (including phenoxy) is 1. The lowest BCUT2D eigenvalue weighted by atomic mass is 9.84. The van der Waals surface area contributed by atoms with E-state index in [-0.39, 0.29) is 6.61 Å². The number of para-hydroxylation sites is 1. The van der Waals surface area contributed by atoms with Gasteiger partial charge in [0.25, 0.3) is 5.91 Å². The van der Waals surface area contributed by atoms with E-state index < -0.39 is 30.2 Å². The number of nitrogens with one attached hydrogen (secondary N) is 2. The predicted octanol–water partition coefficient (Wildman–Crippen LogP) is 3.80. The van der Waals surface area contributed by atoms with E-state index in [0.29, 0.717) is 34.5 Å². The minimum absolute atomic E-state index is 0.190. The van der Waals surface area contributed by atoms with Gasteiger partial charge in [0, 0.05) is 31.3 Å². The molecule has 10 heteroatoms. The molecule has 2 aromatic carbocycles. The Morgan fingerprint density at radius 3 is 2.39 bits per heavy atom. The highest BCUT2D eigenvalue weighted by Crippen LogP contribution is 2.37. The smallest absolute Gasteiger partial charge is 0.321 e. The monoisotopic (exact) mass is 559 g/mol. The van der Waals surface area contributed by atoms with Crippen molar-refractivity contribution < 1.29 is 23.9 Å². The van der Waals surface area contributed by atoms with Gasteiger partial charge in [0.05, 0.1) is 11.4 Å². The number of aliphatic imine (C=N–C) groups is 1. The number of esters is 1. The lowest BCUT2D eigenvalue weighted by molar-refractivity contribution is -0.139. The molecule has 2 bridgehead atoms. The van der Waals surface area contributed by atoms with Gasteiger partial charge in [-0.1, -0.05) is 30.3 Å². The SMILES string of the molecule is CC(=O)OCC1=N[C@@H](NC(=O)Nc2cccc(C)c2)C(=O)N(C(C=O)N2CC3CCC(CC3)C2)c2c(C)cccc21. The number of rotatable bonds is 7. The maximum Gasteiger partial charge on any atom is 0.321 e. The maximum atomic E-state index is 14.4. The van der Waals surface area contributed by atoms with Crippen LogP contribution in [0, 0.1) is 25.7 Å². The quantitative estimate of drug-likeness (QED) is 0.393. The lowest BCUT2D eigenvalue weighted by Gasteiger charge is -2.38. The van der Waals surface area contributed by atoms with Crippen LogP contribution in [-0.2, 0) is 19.1 Å². The Morgan fingerprint density at radius 2 is 1.76 bits per heavy atom. The number of hydrogen-bond donors (Lipinski definition) is 2. The zero-order valence-corrected chi connectivity index (χ0v) is 23.8. The molecule has 4 aliphatic rings. The van der Waals surface area contributed by atoms with Crippen LogP contribution in [0.25, 0.3) is 0 Å². The molecule has 3 fully saturated rings. The molecular weight excluding hydrogens is 522 g/mol. The van der Waals surface area contributed by atoms with Crippen LogP contribution in [-0.4, -0.2) is 66.8 Å². The summed E-state index contributed by atoms with van der Waals surface area (Å²) in [4.78, 5) is 60.4. The van der Waals surface area contributed by atoms with Crippen molar-refractivity contribution in [1.29, 1.82) is 0 Å². The van der Waals surface area contributed by atoms with Crippen molar-refractivity contribution in [2.24, 2.45) is 16.8 Å². The van der Waals surface area contributed by atoms with E-state index in [1.54, 1.807) is 12.1 Å². The number of aryl methyl sites for hydroxylation is 2. The van der Waals surface area contributed by atoms with E-state index in [9.17, 15) is 19.2 Å². The van der Waals surface area contributed by atoms with E-state index in [4.69, 9.17) is 4.74 Å². The third-order valence-electron chi connectivity index (χ3n) is 8.21. The number of nitrogens with zero attached hydrogens (tertiary/aromatic N) is 3. The minimum atomic E-state index is -1.36. The number of carbonyl (C=O) groups excluding carboxylic acids is 4. The summed E-state index contributed by atoms with van der Waals surface area (Å²) in [5.74, 6) is -0.0906. The molecule has 6 rings (SSSR count). The maximum absolute atomic E-state index is 14.4. The molecule has 2 N–H and O–H groups in total. The molecule has 1 aliphatic carbocycles. The third-order valence-corrected chi connectivity index (χ3v) is 8.21. The van der Waals surface area contributed by atoms with Gasteiger partial charge < -0.3 is 15.4 Å². The first-order valence-corrected chi connectivity index (χ1v) is 14.2. The molecule has 1 saturated carbocycles. The Morgan fingerprint density at radius 1 is 1.07 bits per heavy atom. The second-order valence-corrected chi connectivity index (χ2v) is 11.3. The molecular formula is C31H37N5O5. The fourth-order valence-electron chi connectivity index (χ4n) is 6.25. The molecule has 2 saturated heterocycles. The van der Waals surface area contributed by atoms with Gasteiger partial charge in [-0.2, -0.15) is 0 Å². The summed E-state index contributed by atoms with van der Waals surface area (Å²) >= 11 is 0. The van der Waals surface area contributed by atoms with Crippen LogP contribution in [0.3, 0.4) is 0 Å². The Balaban J connectivity index is 1.54. The summed E-state index contributed by atoms with van der Waals surface area (Å²) in [6.07, 6.45) is 3.06. The standard InChI is InChI=1S/C31H37N5O5/c1-19-6-4-8-24(14-19)32-31(40)34-29-30(39)36(27(17-37)35-15-22-10-11-23(16-35)13-12-22)28-20(2)7-5-9-25(28)26(33-29)18-41-21(3)38/h4-9,14,17,22-23,27,29H,10-13,15-16,18H2,1-3H3,(H2,32,34,40)/t22?,23?,27?,29-/m0/s1. The van der Waals surface area contributed by atoms with Gasteiger partial charge in [-0.25, -0.2) is 4.79 Å². The molecule has 0 spiro atoms. The highest BCUT2D eigenvalue weighted by atomic mass is 16.5. The van der Waals surface area contributed by atoms with Crippen molar-refractivity contribution in [1.82, 2.24) is 10.2 Å². The number of urea groups is 1. The number of fused-ring (bicyclic) bond motifs is 5.